The molecule has 5 radical (unpaired) electrons. The number of benzene rings is 12. The van der Waals surface area contributed by atoms with Crippen molar-refractivity contribution in [3.63, 3.8) is 0 Å². The number of hydrogen-bond acceptors (Lipinski definition) is 23. The minimum atomic E-state index is -0.990. The number of aliphatic hydroxyl groups is 4. The average Bonchev–Trinajstić information content (AvgIpc) is 1.64. The van der Waals surface area contributed by atoms with E-state index in [0.29, 0.717) is 24.9 Å². The summed E-state index contributed by atoms with van der Waals surface area (Å²) in [7, 11) is 4.38. The quantitative estimate of drug-likeness (QED) is 0.0193. The number of carbonyl (C=O) groups excluding carboxylic acids is 1. The van der Waals surface area contributed by atoms with E-state index in [-0.39, 0.29) is 124 Å². The molecule has 6 aromatic heterocycles. The first-order chi connectivity index (χ1) is 69.5. The van der Waals surface area contributed by atoms with Crippen molar-refractivity contribution in [2.75, 3.05) is 27.9 Å². The molecule has 5 aliphatic rings. The first-order valence-corrected chi connectivity index (χ1v) is 46.0. The van der Waals surface area contributed by atoms with E-state index >= 15 is 0 Å². The summed E-state index contributed by atoms with van der Waals surface area (Å²) in [5.41, 5.74) is 35.6. The molecule has 5 aliphatic carbocycles. The van der Waals surface area contributed by atoms with Gasteiger partial charge in [-0.2, -0.15) is 0 Å². The topological polar surface area (TPSA) is 358 Å². The van der Waals surface area contributed by atoms with Gasteiger partial charge >= 0.3 is 5.97 Å². The Hall–Kier alpha value is -13.4. The number of aromatic carboxylic acids is 1. The number of aliphatic hydroxyl groups excluding tert-OH is 4. The van der Waals surface area contributed by atoms with E-state index in [4.69, 9.17) is 40.5 Å². The summed E-state index contributed by atoms with van der Waals surface area (Å²) in [6.07, 6.45) is 14.5. The third-order valence-corrected chi connectivity index (χ3v) is 22.9. The third kappa shape index (κ3) is 31.8. The maximum absolute atomic E-state index is 10.1. The molecular weight excluding hydrogens is 2740 g/mol. The smallest absolute Gasteiger partial charge is 0.354 e. The molecule has 0 bridgehead atoms. The van der Waals surface area contributed by atoms with Gasteiger partial charge in [0.15, 0.2) is 25.2 Å². The number of para-hydroxylation sites is 2. The van der Waals surface area contributed by atoms with Crippen LogP contribution in [0.4, 0.5) is 0 Å². The molecule has 29 heteroatoms. The number of carboxylic acids is 1. The van der Waals surface area contributed by atoms with Crippen molar-refractivity contribution in [1.29, 1.82) is 0 Å². The molecule has 4 atom stereocenters. The Morgan fingerprint density at radius 2 is 0.612 bits per heavy atom. The van der Waals surface area contributed by atoms with Crippen LogP contribution in [-0.4, -0.2) is 162 Å². The Bertz CT molecular complexity index is 6440. The standard InChI is InChI=1S/5C17H11N2.C8H9NO.C7H16O3.C7H6O2.C6H5NO2.C5H12O4.5Ir/c5*1-2-6-12(7-3-1)16-15-10-13-8-4-5-9-14(13)17(15)19-11-18-16;1-9-6-7-4-2-3-5-8(7)10;1-3-4-10-7(9)5-6(2)8;8-5-6-3-1-2-4-7(6)9;8-6(9)5-3-1-2-4-7-5;1-8-4(6)3-5(7)9-2;;;;;/h5*1-6,8-9,11H,10H2;2-6,10H,1H3;6-9H,3-5H2,1-2H3;1-5,9H;1-4H,(H,8,9);4-7H,3H2,1-2H3;;;;;/q5*-1;;;;;;;;;;. The van der Waals surface area contributed by atoms with Crippen LogP contribution in [0.3, 0.4) is 0 Å². The van der Waals surface area contributed by atoms with Crippen LogP contribution in [0.25, 0.3) is 113 Å². The predicted octanol–water partition coefficient (Wildman–Crippen LogP) is 20.8. The van der Waals surface area contributed by atoms with Crippen molar-refractivity contribution >= 4 is 18.5 Å². The van der Waals surface area contributed by atoms with Gasteiger partial charge in [-0.1, -0.05) is 159 Å². The normalized spacial score (nSPS) is 11.8. The second kappa shape index (κ2) is 60.6. The summed E-state index contributed by atoms with van der Waals surface area (Å²) in [4.78, 5) is 72.2. The Labute approximate surface area is 922 Å². The van der Waals surface area contributed by atoms with E-state index in [0.717, 1.165) is 129 Å². The zero-order valence-electron chi connectivity index (χ0n) is 80.4. The fraction of sp³-hybridized carbons (Fsp3) is 0.153. The fourth-order valence-corrected chi connectivity index (χ4v) is 16.2. The minimum Gasteiger partial charge on any atom is -0.507 e. The Morgan fingerprint density at radius 3 is 0.837 bits per heavy atom. The number of carbonyl (C=O) groups is 2. The zero-order valence-corrected chi connectivity index (χ0v) is 92.4. The van der Waals surface area contributed by atoms with E-state index in [1.165, 1.54) is 116 Å². The van der Waals surface area contributed by atoms with Gasteiger partial charge in [0, 0.05) is 187 Å². The first-order valence-electron chi connectivity index (χ1n) is 46.0. The van der Waals surface area contributed by atoms with Crippen LogP contribution in [0.2, 0.25) is 0 Å². The van der Waals surface area contributed by atoms with Crippen molar-refractivity contribution in [1.82, 2.24) is 54.8 Å². The molecule has 757 valence electrons. The van der Waals surface area contributed by atoms with Crippen molar-refractivity contribution in [3.8, 4) is 124 Å². The number of phenolic OH excluding ortho intramolecular Hbond substituents is 2. The largest absolute Gasteiger partial charge is 0.507 e. The number of pyridine rings is 1. The van der Waals surface area contributed by atoms with E-state index in [1.54, 1.807) is 94.3 Å². The molecule has 0 saturated carbocycles. The number of ether oxygens (including phenoxy) is 3. The van der Waals surface area contributed by atoms with Gasteiger partial charge < -0.3 is 50.0 Å². The number of methoxy groups -OCH3 is 2. The van der Waals surface area contributed by atoms with Gasteiger partial charge in [0.25, 0.3) is 0 Å². The van der Waals surface area contributed by atoms with Gasteiger partial charge in [0.1, 0.15) is 48.8 Å². The second-order valence-electron chi connectivity index (χ2n) is 32.5. The summed E-state index contributed by atoms with van der Waals surface area (Å²) < 4.78 is 13.8. The monoisotopic (exact) mass is 2840 g/mol. The molecule has 12 aromatic carbocycles. The molecule has 23 rings (SSSR count). The molecule has 24 nitrogen and oxygen atoms in total. The van der Waals surface area contributed by atoms with Crippen molar-refractivity contribution in [2.24, 2.45) is 4.99 Å². The van der Waals surface area contributed by atoms with Crippen molar-refractivity contribution < 1.29 is 160 Å². The van der Waals surface area contributed by atoms with Crippen molar-refractivity contribution in [2.45, 2.75) is 90.2 Å². The van der Waals surface area contributed by atoms with Gasteiger partial charge in [0.05, 0.1) is 40.1 Å². The molecule has 0 spiro atoms. The molecule has 18 aromatic rings. The van der Waals surface area contributed by atoms with Crippen LogP contribution >= 0.6 is 0 Å². The van der Waals surface area contributed by atoms with Crippen LogP contribution in [0, 0.1) is 30.3 Å². The summed E-state index contributed by atoms with van der Waals surface area (Å²) >= 11 is 0. The molecule has 7 N–H and O–H groups in total. The average molecular weight is 2840 g/mol. The molecule has 0 amide bonds. The number of aromatic nitrogens is 11. The Kier molecular flexibility index (Phi) is 48.3. The van der Waals surface area contributed by atoms with Gasteiger partial charge in [-0.3, -0.25) is 34.7 Å². The van der Waals surface area contributed by atoms with Crippen LogP contribution in [0.1, 0.15) is 115 Å². The van der Waals surface area contributed by atoms with Crippen LogP contribution in [0.5, 0.6) is 11.5 Å². The van der Waals surface area contributed by atoms with Crippen molar-refractivity contribution in [3.05, 3.63) is 450 Å². The number of aliphatic imine (C=N–C) groups is 1. The summed E-state index contributed by atoms with van der Waals surface area (Å²) in [5, 5.41) is 61.5. The molecular formula is C118H103Ir5N12O12-5. The van der Waals surface area contributed by atoms with E-state index < -0.39 is 30.9 Å². The Morgan fingerprint density at radius 1 is 0.347 bits per heavy atom. The number of aldehydes is 1. The summed E-state index contributed by atoms with van der Waals surface area (Å²) in [5.74, 6) is -0.684. The Balaban J connectivity index is 0.000000184. The number of rotatable bonds is 17. The number of aromatic hydroxyl groups is 2. The molecule has 0 fully saturated rings. The van der Waals surface area contributed by atoms with Crippen LogP contribution < -0.4 is 0 Å². The zero-order chi connectivity index (χ0) is 99.3. The summed E-state index contributed by atoms with van der Waals surface area (Å²) in [6.45, 7) is 4.14. The van der Waals surface area contributed by atoms with E-state index in [1.807, 2.05) is 140 Å². The van der Waals surface area contributed by atoms with E-state index in [9.17, 15) is 9.59 Å². The van der Waals surface area contributed by atoms with Gasteiger partial charge in [-0.25, -0.2) is 34.7 Å². The molecule has 0 aliphatic heterocycles. The van der Waals surface area contributed by atoms with Gasteiger partial charge in [-0.05, 0) is 166 Å². The predicted molar refractivity (Wildman–Crippen MR) is 548 cm³/mol. The maximum Gasteiger partial charge on any atom is 0.354 e. The first kappa shape index (κ1) is 117. The fourth-order valence-electron chi connectivity index (χ4n) is 16.2. The SMILES string of the molecule is CCCOC(O)CC(C)O.CN=Cc1ccccc1O.COC(O)CC(O)OC.O=C(O)c1ccccn1.O=Cc1ccccc1O.[Ir].[Ir].[Ir].[Ir].[Ir].[c-]1ccccc1-c1ncnc2c1Cc1ccccc1-2.[c-]1ccccc1-c1ncnc2c1Cc1ccccc1-2.[c-]1ccccc1-c1ncnc2c1Cc1ccccc1-2.[c-]1ccccc1-c1ncnc2c1Cc1ccccc1-2.[c-]1ccccc1-c1ncnc2c1Cc1ccccc1-2. The number of carboxylic acid groups (broad SMARTS) is 1. The molecule has 4 unspecified atom stereocenters. The molecule has 147 heavy (non-hydrogen) atoms. The maximum atomic E-state index is 10.1. The number of fused-ring (bicyclic) bond motifs is 15. The van der Waals surface area contributed by atoms with Crippen LogP contribution in [0.15, 0.2) is 352 Å². The number of nitrogens with zero attached hydrogens (tertiary/aromatic N) is 12. The summed E-state index contributed by atoms with van der Waals surface area (Å²) in [6, 6.07) is 116. The van der Waals surface area contributed by atoms with Gasteiger partial charge in [0.2, 0.25) is 0 Å². The molecule has 0 saturated heterocycles. The number of phenols is 2. The van der Waals surface area contributed by atoms with E-state index in [2.05, 4.69) is 221 Å². The van der Waals surface area contributed by atoms with Crippen LogP contribution in [-0.2, 0) is 147 Å². The third-order valence-electron chi connectivity index (χ3n) is 22.9. The second-order valence-corrected chi connectivity index (χ2v) is 32.5. The minimum absolute atomic E-state index is 0. The van der Waals surface area contributed by atoms with Gasteiger partial charge in [-0.15, -0.1) is 179 Å². The molecule has 6 heterocycles. The number of hydrogen-bond donors (Lipinski definition) is 7.